The normalized spacial score (nSPS) is 10.9. The topological polar surface area (TPSA) is 55.8 Å². The minimum atomic E-state index is -0.999. The Labute approximate surface area is 136 Å². The van der Waals surface area contributed by atoms with Crippen molar-refractivity contribution in [3.8, 4) is 11.5 Å². The molecule has 0 fully saturated rings. The highest BCUT2D eigenvalue weighted by atomic mass is 16.5. The van der Waals surface area contributed by atoms with Crippen molar-refractivity contribution in [1.29, 1.82) is 0 Å². The lowest BCUT2D eigenvalue weighted by atomic mass is 10.1. The van der Waals surface area contributed by atoms with E-state index in [-0.39, 0.29) is 6.10 Å². The summed E-state index contributed by atoms with van der Waals surface area (Å²) < 4.78 is 11.5. The van der Waals surface area contributed by atoms with Gasteiger partial charge in [-0.15, -0.1) is 0 Å². The highest BCUT2D eigenvalue weighted by Gasteiger charge is 2.06. The number of hydrogen-bond donors (Lipinski definition) is 1. The van der Waals surface area contributed by atoms with Gasteiger partial charge in [-0.1, -0.05) is 30.3 Å². The molecule has 2 aromatic carbocycles. The Morgan fingerprint density at radius 3 is 2.57 bits per heavy atom. The molecular weight excluding hydrogens is 292 g/mol. The van der Waals surface area contributed by atoms with Crippen LogP contribution in [0.1, 0.15) is 25.0 Å². The van der Waals surface area contributed by atoms with Crippen LogP contribution in [0.3, 0.4) is 0 Å². The van der Waals surface area contributed by atoms with E-state index >= 15 is 0 Å². The van der Waals surface area contributed by atoms with Crippen molar-refractivity contribution >= 4 is 12.0 Å². The van der Waals surface area contributed by atoms with Gasteiger partial charge in [-0.05, 0) is 37.6 Å². The van der Waals surface area contributed by atoms with Crippen LogP contribution in [0, 0.1) is 0 Å². The molecule has 0 bridgehead atoms. The molecule has 0 saturated heterocycles. The van der Waals surface area contributed by atoms with E-state index in [1.165, 1.54) is 6.08 Å². The summed E-state index contributed by atoms with van der Waals surface area (Å²) in [4.78, 5) is 10.7. The van der Waals surface area contributed by atoms with Crippen LogP contribution in [0.25, 0.3) is 6.08 Å². The van der Waals surface area contributed by atoms with Gasteiger partial charge in [-0.3, -0.25) is 0 Å². The van der Waals surface area contributed by atoms with E-state index in [9.17, 15) is 4.79 Å². The van der Waals surface area contributed by atoms with Crippen molar-refractivity contribution in [3.63, 3.8) is 0 Å². The number of benzene rings is 2. The molecule has 0 aromatic heterocycles. The molecule has 0 atom stereocenters. The molecule has 2 rings (SSSR count). The third-order valence-corrected chi connectivity index (χ3v) is 3.00. The molecule has 0 spiro atoms. The lowest BCUT2D eigenvalue weighted by Crippen LogP contribution is -2.06. The second-order valence-corrected chi connectivity index (χ2v) is 5.31. The quantitative estimate of drug-likeness (QED) is 0.780. The fourth-order valence-corrected chi connectivity index (χ4v) is 2.02. The molecule has 1 N–H and O–H groups in total. The van der Waals surface area contributed by atoms with E-state index < -0.39 is 5.97 Å². The zero-order chi connectivity index (χ0) is 16.7. The van der Waals surface area contributed by atoms with Gasteiger partial charge in [0.25, 0.3) is 0 Å². The molecule has 0 heterocycles. The highest BCUT2D eigenvalue weighted by molar-refractivity contribution is 5.86. The number of aliphatic carboxylic acids is 1. The van der Waals surface area contributed by atoms with Crippen LogP contribution in [0.4, 0.5) is 0 Å². The summed E-state index contributed by atoms with van der Waals surface area (Å²) in [5, 5.41) is 8.79. The van der Waals surface area contributed by atoms with E-state index in [4.69, 9.17) is 14.6 Å². The molecule has 4 heteroatoms. The number of carboxylic acids is 1. The van der Waals surface area contributed by atoms with Crippen molar-refractivity contribution in [3.05, 3.63) is 65.7 Å². The predicted octanol–water partition coefficient (Wildman–Crippen LogP) is 4.15. The van der Waals surface area contributed by atoms with E-state index in [1.54, 1.807) is 18.2 Å². The van der Waals surface area contributed by atoms with E-state index in [1.807, 2.05) is 44.2 Å². The monoisotopic (exact) mass is 312 g/mol. The average Bonchev–Trinajstić information content (AvgIpc) is 2.52. The average molecular weight is 312 g/mol. The van der Waals surface area contributed by atoms with Crippen molar-refractivity contribution in [2.45, 2.75) is 26.6 Å². The SMILES string of the molecule is CC(C)Oc1ccc(/C=C/C(=O)O)c(OCc2ccccc2)c1. The molecule has 0 saturated carbocycles. The fourth-order valence-electron chi connectivity index (χ4n) is 2.02. The van der Waals surface area contributed by atoms with Gasteiger partial charge in [-0.2, -0.15) is 0 Å². The molecule has 0 aliphatic rings. The molecule has 120 valence electrons. The first-order valence-electron chi connectivity index (χ1n) is 7.43. The van der Waals surface area contributed by atoms with Gasteiger partial charge in [0.15, 0.2) is 0 Å². The lowest BCUT2D eigenvalue weighted by molar-refractivity contribution is -0.131. The maximum atomic E-state index is 10.7. The summed E-state index contributed by atoms with van der Waals surface area (Å²) in [6.45, 7) is 4.30. The van der Waals surface area contributed by atoms with Crippen LogP contribution >= 0.6 is 0 Å². The fraction of sp³-hybridized carbons (Fsp3) is 0.211. The van der Waals surface area contributed by atoms with Crippen molar-refractivity contribution in [1.82, 2.24) is 0 Å². The van der Waals surface area contributed by atoms with Gasteiger partial charge >= 0.3 is 5.97 Å². The maximum absolute atomic E-state index is 10.7. The Kier molecular flexibility index (Phi) is 5.80. The highest BCUT2D eigenvalue weighted by Crippen LogP contribution is 2.27. The second-order valence-electron chi connectivity index (χ2n) is 5.31. The predicted molar refractivity (Wildman–Crippen MR) is 89.6 cm³/mol. The summed E-state index contributed by atoms with van der Waals surface area (Å²) in [7, 11) is 0. The zero-order valence-electron chi connectivity index (χ0n) is 13.2. The van der Waals surface area contributed by atoms with Gasteiger partial charge in [0.1, 0.15) is 18.1 Å². The third-order valence-electron chi connectivity index (χ3n) is 3.00. The van der Waals surface area contributed by atoms with Gasteiger partial charge in [0.2, 0.25) is 0 Å². The Morgan fingerprint density at radius 1 is 1.17 bits per heavy atom. The van der Waals surface area contributed by atoms with Crippen LogP contribution in [-0.2, 0) is 11.4 Å². The summed E-state index contributed by atoms with van der Waals surface area (Å²) in [5.74, 6) is 0.279. The number of ether oxygens (including phenoxy) is 2. The first-order valence-corrected chi connectivity index (χ1v) is 7.43. The molecule has 0 aliphatic carbocycles. The second kappa shape index (κ2) is 8.03. The van der Waals surface area contributed by atoms with E-state index in [2.05, 4.69) is 0 Å². The summed E-state index contributed by atoms with van der Waals surface area (Å²) in [5.41, 5.74) is 1.73. The Bertz CT molecular complexity index is 675. The third kappa shape index (κ3) is 5.51. The van der Waals surface area contributed by atoms with Gasteiger partial charge in [0.05, 0.1) is 6.10 Å². The lowest BCUT2D eigenvalue weighted by Gasteiger charge is -2.14. The van der Waals surface area contributed by atoms with Crippen molar-refractivity contribution in [2.24, 2.45) is 0 Å². The van der Waals surface area contributed by atoms with E-state index in [0.29, 0.717) is 23.7 Å². The zero-order valence-corrected chi connectivity index (χ0v) is 13.2. The summed E-state index contributed by atoms with van der Waals surface area (Å²) in [6, 6.07) is 15.2. The summed E-state index contributed by atoms with van der Waals surface area (Å²) >= 11 is 0. The minimum absolute atomic E-state index is 0.0531. The van der Waals surface area contributed by atoms with Gasteiger partial charge in [0, 0.05) is 17.7 Å². The summed E-state index contributed by atoms with van der Waals surface area (Å²) in [6.07, 6.45) is 2.66. The van der Waals surface area contributed by atoms with Gasteiger partial charge in [-0.25, -0.2) is 4.79 Å². The number of rotatable bonds is 7. The van der Waals surface area contributed by atoms with Crippen molar-refractivity contribution in [2.75, 3.05) is 0 Å². The van der Waals surface area contributed by atoms with Crippen LogP contribution in [0.2, 0.25) is 0 Å². The smallest absolute Gasteiger partial charge is 0.328 e. The first kappa shape index (κ1) is 16.6. The van der Waals surface area contributed by atoms with Gasteiger partial charge < -0.3 is 14.6 Å². The maximum Gasteiger partial charge on any atom is 0.328 e. The van der Waals surface area contributed by atoms with Crippen LogP contribution in [-0.4, -0.2) is 17.2 Å². The largest absolute Gasteiger partial charge is 0.491 e. The molecule has 4 nitrogen and oxygen atoms in total. The molecule has 0 amide bonds. The number of carbonyl (C=O) groups is 1. The Morgan fingerprint density at radius 2 is 1.91 bits per heavy atom. The molecule has 0 radical (unpaired) electrons. The van der Waals surface area contributed by atoms with Crippen molar-refractivity contribution < 1.29 is 19.4 Å². The minimum Gasteiger partial charge on any atom is -0.491 e. The van der Waals surface area contributed by atoms with E-state index in [0.717, 1.165) is 11.6 Å². The molecule has 23 heavy (non-hydrogen) atoms. The van der Waals surface area contributed by atoms with Crippen LogP contribution in [0.15, 0.2) is 54.6 Å². The molecular formula is C19H20O4. The number of hydrogen-bond acceptors (Lipinski definition) is 3. The molecule has 0 unspecified atom stereocenters. The Balaban J connectivity index is 2.22. The molecule has 2 aromatic rings. The van der Waals surface area contributed by atoms with Crippen LogP contribution in [0.5, 0.6) is 11.5 Å². The molecule has 0 aliphatic heterocycles. The van der Waals surface area contributed by atoms with Crippen LogP contribution < -0.4 is 9.47 Å². The standard InChI is InChI=1S/C19H20O4/c1-14(2)23-17-10-8-16(9-11-19(20)21)18(12-17)22-13-15-6-4-3-5-7-15/h3-12,14H,13H2,1-2H3,(H,20,21)/b11-9+. The first-order chi connectivity index (χ1) is 11.0. The number of carboxylic acid groups (broad SMARTS) is 1. The Hall–Kier alpha value is -2.75.